The summed E-state index contributed by atoms with van der Waals surface area (Å²) < 4.78 is 10.5. The summed E-state index contributed by atoms with van der Waals surface area (Å²) in [7, 11) is 0. The number of hydrogen-bond acceptors (Lipinski definition) is 5. The second-order valence-corrected chi connectivity index (χ2v) is 2.56. The lowest BCUT2D eigenvalue weighted by molar-refractivity contribution is -0.103. The van der Waals surface area contributed by atoms with E-state index in [0.29, 0.717) is 37.5 Å². The van der Waals surface area contributed by atoms with Crippen LogP contribution in [-0.4, -0.2) is 37.2 Å². The van der Waals surface area contributed by atoms with E-state index < -0.39 is 0 Å². The lowest BCUT2D eigenvalue weighted by Gasteiger charge is -2.25. The third kappa shape index (κ3) is 1.23. The molecule has 2 aliphatic rings. The van der Waals surface area contributed by atoms with Gasteiger partial charge in [-0.25, -0.2) is 0 Å². The Bertz CT molecular complexity index is 259. The third-order valence-corrected chi connectivity index (χ3v) is 1.74. The Morgan fingerprint density at radius 1 is 1.42 bits per heavy atom. The molecule has 0 spiro atoms. The van der Waals surface area contributed by atoms with E-state index in [1.54, 1.807) is 0 Å². The van der Waals surface area contributed by atoms with Crippen LogP contribution in [0.3, 0.4) is 0 Å². The number of rotatable bonds is 1. The van der Waals surface area contributed by atoms with E-state index in [4.69, 9.17) is 9.47 Å². The van der Waals surface area contributed by atoms with Crippen LogP contribution in [0.25, 0.3) is 0 Å². The fraction of sp³-hybridized carbons (Fsp3) is 0.571. The Morgan fingerprint density at radius 3 is 3.17 bits per heavy atom. The standard InChI is InChI=1S/C7H8N2O3/c10-4-5-3-6-7(9-8-5)12-2-1-11-6/h4,6H,1-3H2. The van der Waals surface area contributed by atoms with Crippen LogP contribution in [-0.2, 0) is 14.3 Å². The number of carbonyl (C=O) groups excluding carboxylic acids is 1. The quantitative estimate of drug-likeness (QED) is 0.507. The summed E-state index contributed by atoms with van der Waals surface area (Å²) in [6.07, 6.45) is 0.970. The minimum Gasteiger partial charge on any atom is -0.475 e. The van der Waals surface area contributed by atoms with Crippen LogP contribution in [0, 0.1) is 0 Å². The van der Waals surface area contributed by atoms with Crippen LogP contribution in [0.1, 0.15) is 6.42 Å². The second kappa shape index (κ2) is 3.02. The van der Waals surface area contributed by atoms with Crippen molar-refractivity contribution >= 4 is 17.9 Å². The number of carbonyl (C=O) groups is 1. The van der Waals surface area contributed by atoms with Gasteiger partial charge in [-0.05, 0) is 0 Å². The van der Waals surface area contributed by atoms with E-state index in [1.165, 1.54) is 0 Å². The smallest absolute Gasteiger partial charge is 0.238 e. The molecule has 2 rings (SSSR count). The van der Waals surface area contributed by atoms with Gasteiger partial charge in [-0.2, -0.15) is 0 Å². The van der Waals surface area contributed by atoms with Crippen molar-refractivity contribution in [2.75, 3.05) is 13.2 Å². The topological polar surface area (TPSA) is 60.2 Å². The molecule has 1 unspecified atom stereocenters. The molecule has 0 amide bonds. The number of hydrogen-bond donors (Lipinski definition) is 0. The molecule has 0 aromatic rings. The summed E-state index contributed by atoms with van der Waals surface area (Å²) in [4.78, 5) is 10.3. The Hall–Kier alpha value is -1.23. The highest BCUT2D eigenvalue weighted by Crippen LogP contribution is 2.13. The summed E-state index contributed by atoms with van der Waals surface area (Å²) in [5.74, 6) is 0.492. The maximum absolute atomic E-state index is 10.3. The normalized spacial score (nSPS) is 27.8. The Kier molecular flexibility index (Phi) is 1.87. The molecule has 0 saturated carbocycles. The van der Waals surface area contributed by atoms with E-state index in [1.807, 2.05) is 0 Å². The van der Waals surface area contributed by atoms with Gasteiger partial charge < -0.3 is 9.47 Å². The van der Waals surface area contributed by atoms with Crippen molar-refractivity contribution in [2.45, 2.75) is 12.5 Å². The summed E-state index contributed by atoms with van der Waals surface area (Å²) in [5, 5.41) is 7.39. The van der Waals surface area contributed by atoms with Crippen molar-refractivity contribution in [3.63, 3.8) is 0 Å². The number of ether oxygens (including phenoxy) is 2. The number of fused-ring (bicyclic) bond motifs is 1. The molecule has 12 heavy (non-hydrogen) atoms. The molecule has 2 aliphatic heterocycles. The summed E-state index contributed by atoms with van der Waals surface area (Å²) in [5.41, 5.74) is 0.411. The molecule has 2 heterocycles. The average molecular weight is 168 g/mol. The van der Waals surface area contributed by atoms with Crippen molar-refractivity contribution in [3.05, 3.63) is 0 Å². The first-order valence-corrected chi connectivity index (χ1v) is 3.74. The molecular weight excluding hydrogens is 160 g/mol. The predicted molar refractivity (Wildman–Crippen MR) is 41.2 cm³/mol. The molecule has 0 aliphatic carbocycles. The highest BCUT2D eigenvalue weighted by Gasteiger charge is 2.27. The van der Waals surface area contributed by atoms with Crippen LogP contribution in [0.15, 0.2) is 10.2 Å². The van der Waals surface area contributed by atoms with Gasteiger partial charge in [-0.15, -0.1) is 10.2 Å². The van der Waals surface area contributed by atoms with Gasteiger partial charge in [0.1, 0.15) is 18.4 Å². The van der Waals surface area contributed by atoms with Crippen molar-refractivity contribution in [3.8, 4) is 0 Å². The van der Waals surface area contributed by atoms with Gasteiger partial charge >= 0.3 is 0 Å². The molecule has 1 saturated heterocycles. The van der Waals surface area contributed by atoms with Crippen LogP contribution in [0.5, 0.6) is 0 Å². The first-order chi connectivity index (χ1) is 5.90. The SMILES string of the molecule is O=CC1=NN=C2OCCOC2C1. The van der Waals surface area contributed by atoms with Crippen molar-refractivity contribution in [1.29, 1.82) is 0 Å². The fourth-order valence-electron chi connectivity index (χ4n) is 1.16. The zero-order valence-corrected chi connectivity index (χ0v) is 6.40. The van der Waals surface area contributed by atoms with E-state index >= 15 is 0 Å². The second-order valence-electron chi connectivity index (χ2n) is 2.56. The van der Waals surface area contributed by atoms with Crippen molar-refractivity contribution < 1.29 is 14.3 Å². The van der Waals surface area contributed by atoms with E-state index in [0.717, 1.165) is 0 Å². The number of nitrogens with zero attached hydrogens (tertiary/aromatic N) is 2. The van der Waals surface area contributed by atoms with Gasteiger partial charge in [-0.3, -0.25) is 4.79 Å². The molecule has 0 aromatic heterocycles. The third-order valence-electron chi connectivity index (χ3n) is 1.74. The largest absolute Gasteiger partial charge is 0.475 e. The van der Waals surface area contributed by atoms with E-state index in [-0.39, 0.29) is 6.10 Å². The summed E-state index contributed by atoms with van der Waals surface area (Å²) in [6.45, 7) is 1.07. The molecule has 0 radical (unpaired) electrons. The van der Waals surface area contributed by atoms with Crippen LogP contribution >= 0.6 is 0 Å². The Balaban J connectivity index is 2.17. The zero-order chi connectivity index (χ0) is 8.39. The lowest BCUT2D eigenvalue weighted by atomic mass is 10.1. The monoisotopic (exact) mass is 168 g/mol. The number of aldehydes is 1. The fourth-order valence-corrected chi connectivity index (χ4v) is 1.16. The minimum atomic E-state index is -0.198. The lowest BCUT2D eigenvalue weighted by Crippen LogP contribution is -2.37. The maximum Gasteiger partial charge on any atom is 0.238 e. The van der Waals surface area contributed by atoms with Gasteiger partial charge in [-0.1, -0.05) is 0 Å². The summed E-state index contributed by atoms with van der Waals surface area (Å²) >= 11 is 0. The van der Waals surface area contributed by atoms with E-state index in [2.05, 4.69) is 10.2 Å². The Labute approximate surface area is 69.1 Å². The molecule has 1 fully saturated rings. The van der Waals surface area contributed by atoms with Gasteiger partial charge in [0, 0.05) is 6.42 Å². The van der Waals surface area contributed by atoms with Crippen LogP contribution < -0.4 is 0 Å². The minimum absolute atomic E-state index is 0.198. The molecular formula is C7H8N2O3. The molecule has 5 heteroatoms. The summed E-state index contributed by atoms with van der Waals surface area (Å²) in [6, 6.07) is 0. The van der Waals surface area contributed by atoms with Crippen molar-refractivity contribution in [1.82, 2.24) is 0 Å². The Morgan fingerprint density at radius 2 is 2.33 bits per heavy atom. The first-order valence-electron chi connectivity index (χ1n) is 3.74. The van der Waals surface area contributed by atoms with Gasteiger partial charge in [0.2, 0.25) is 5.90 Å². The molecule has 64 valence electrons. The molecule has 1 atom stereocenters. The van der Waals surface area contributed by atoms with Crippen molar-refractivity contribution in [2.24, 2.45) is 10.2 Å². The van der Waals surface area contributed by atoms with Gasteiger partial charge in [0.15, 0.2) is 6.29 Å². The molecule has 0 aromatic carbocycles. The van der Waals surface area contributed by atoms with Crippen LogP contribution in [0.4, 0.5) is 0 Å². The molecule has 5 nitrogen and oxygen atoms in total. The molecule has 0 bridgehead atoms. The predicted octanol–water partition coefficient (Wildman–Crippen LogP) is -0.241. The maximum atomic E-state index is 10.3. The van der Waals surface area contributed by atoms with E-state index in [9.17, 15) is 4.79 Å². The average Bonchev–Trinajstić information content (AvgIpc) is 2.17. The van der Waals surface area contributed by atoms with Crippen LogP contribution in [0.2, 0.25) is 0 Å². The molecule has 0 N–H and O–H groups in total. The van der Waals surface area contributed by atoms with Gasteiger partial charge in [0.05, 0.1) is 6.61 Å². The highest BCUT2D eigenvalue weighted by molar-refractivity contribution is 6.29. The van der Waals surface area contributed by atoms with Gasteiger partial charge in [0.25, 0.3) is 0 Å². The first kappa shape index (κ1) is 7.42. The highest BCUT2D eigenvalue weighted by atomic mass is 16.6. The zero-order valence-electron chi connectivity index (χ0n) is 6.40.